The molecule has 1 saturated carbocycles. The normalized spacial score (nSPS) is 17.4. The lowest BCUT2D eigenvalue weighted by Gasteiger charge is -2.30. The summed E-state index contributed by atoms with van der Waals surface area (Å²) in [6.45, 7) is 4.34. The van der Waals surface area contributed by atoms with Crippen LogP contribution in [0.5, 0.6) is 5.75 Å². The number of allylic oxidation sites excluding steroid dienone is 1. The molecule has 1 aliphatic heterocycles. The number of carbonyl (C=O) groups excluding carboxylic acids is 3. The molecule has 1 fully saturated rings. The highest BCUT2D eigenvalue weighted by molar-refractivity contribution is 6.04. The fourth-order valence-corrected chi connectivity index (χ4v) is 7.52. The minimum Gasteiger partial charge on any atom is -0.497 e. The van der Waals surface area contributed by atoms with Gasteiger partial charge < -0.3 is 25.6 Å². The van der Waals surface area contributed by atoms with Crippen LogP contribution in [0.3, 0.4) is 0 Å². The molecular weight excluding hydrogens is 624 g/mol. The van der Waals surface area contributed by atoms with Gasteiger partial charge in [0, 0.05) is 5.69 Å². The number of fused-ring (bicyclic) bond motifs is 1. The molecule has 8 heteroatoms. The smallest absolute Gasteiger partial charge is 0.251 e. The van der Waals surface area contributed by atoms with Gasteiger partial charge in [-0.25, -0.2) is 0 Å². The van der Waals surface area contributed by atoms with Crippen LogP contribution in [-0.2, 0) is 20.9 Å². The van der Waals surface area contributed by atoms with Crippen molar-refractivity contribution in [2.45, 2.75) is 51.1 Å². The Morgan fingerprint density at radius 3 is 2.28 bits per heavy atom. The average Bonchev–Trinajstić information content (AvgIpc) is 3.64. The molecule has 3 N–H and O–H groups in total. The van der Waals surface area contributed by atoms with E-state index < -0.39 is 23.8 Å². The van der Waals surface area contributed by atoms with Crippen molar-refractivity contribution in [3.8, 4) is 16.9 Å². The summed E-state index contributed by atoms with van der Waals surface area (Å²) in [6.07, 6.45) is 6.77. The molecule has 3 unspecified atom stereocenters. The highest BCUT2D eigenvalue weighted by atomic mass is 16.5. The predicted molar refractivity (Wildman–Crippen MR) is 199 cm³/mol. The predicted octanol–water partition coefficient (Wildman–Crippen LogP) is 7.41. The highest BCUT2D eigenvalue weighted by Gasteiger charge is 2.39. The minimum absolute atomic E-state index is 0.215. The fourth-order valence-electron chi connectivity index (χ4n) is 7.52. The van der Waals surface area contributed by atoms with Gasteiger partial charge in [-0.1, -0.05) is 92.4 Å². The first-order valence-corrected chi connectivity index (χ1v) is 17.5. The molecule has 3 atom stereocenters. The Balaban J connectivity index is 1.37. The van der Waals surface area contributed by atoms with Crippen LogP contribution in [0.15, 0.2) is 116 Å². The second-order valence-corrected chi connectivity index (χ2v) is 13.4. The first-order valence-electron chi connectivity index (χ1n) is 17.5. The number of nitrogens with one attached hydrogen (secondary N) is 1. The van der Waals surface area contributed by atoms with Gasteiger partial charge in [-0.05, 0) is 77.9 Å². The average molecular weight is 671 g/mol. The van der Waals surface area contributed by atoms with Crippen LogP contribution in [0.2, 0.25) is 0 Å². The highest BCUT2D eigenvalue weighted by Crippen LogP contribution is 2.39. The van der Waals surface area contributed by atoms with Crippen molar-refractivity contribution in [3.05, 3.63) is 121 Å². The van der Waals surface area contributed by atoms with E-state index in [0.29, 0.717) is 25.3 Å². The Bertz CT molecular complexity index is 1800. The van der Waals surface area contributed by atoms with Crippen LogP contribution < -0.4 is 25.6 Å². The lowest BCUT2D eigenvalue weighted by atomic mass is 9.80. The molecule has 2 aliphatic rings. The van der Waals surface area contributed by atoms with Crippen LogP contribution >= 0.6 is 0 Å². The molecule has 0 bridgehead atoms. The number of anilines is 3. The standard InChI is InChI=1S/C42H46N4O4/c1-3-12-35(40(43)47)36(26-29-13-7-8-14-29)41(48)44-37-28-45(33-17-5-4-6-18-33)38-19-9-10-20-39(38)46(42(37)49)27-30-15-11-16-32(25-30)31-21-23-34(50-2)24-22-31/h3-6,9-11,15-25,29,35-37H,1,7-8,12-14,26-28H2,2H3,(H2,43,47)(H,44,48). The second-order valence-electron chi connectivity index (χ2n) is 13.4. The van der Waals surface area contributed by atoms with Gasteiger partial charge >= 0.3 is 0 Å². The summed E-state index contributed by atoms with van der Waals surface area (Å²) in [5.74, 6) is -1.31. The number of benzene rings is 4. The summed E-state index contributed by atoms with van der Waals surface area (Å²) in [5, 5.41) is 3.15. The fraction of sp³-hybridized carbons (Fsp3) is 0.310. The zero-order valence-corrected chi connectivity index (χ0v) is 28.7. The third kappa shape index (κ3) is 7.75. The van der Waals surface area contributed by atoms with Crippen molar-refractivity contribution < 1.29 is 19.1 Å². The largest absolute Gasteiger partial charge is 0.497 e. The van der Waals surface area contributed by atoms with Gasteiger partial charge in [-0.15, -0.1) is 6.58 Å². The third-order valence-corrected chi connectivity index (χ3v) is 10.1. The molecule has 50 heavy (non-hydrogen) atoms. The van der Waals surface area contributed by atoms with Crippen molar-refractivity contribution >= 4 is 34.8 Å². The van der Waals surface area contributed by atoms with E-state index in [0.717, 1.165) is 65.2 Å². The maximum atomic E-state index is 14.8. The molecule has 6 rings (SSSR count). The SMILES string of the molecule is C=CCC(C(N)=O)C(CC1CCCC1)C(=O)NC1CN(c2ccccc2)c2ccccc2N(Cc2cccc(-c3ccc(OC)cc3)c2)C1=O. The maximum absolute atomic E-state index is 14.8. The van der Waals surface area contributed by atoms with Crippen molar-refractivity contribution in [2.24, 2.45) is 23.5 Å². The molecule has 258 valence electrons. The molecular formula is C42H46N4O4. The van der Waals surface area contributed by atoms with Gasteiger partial charge in [0.25, 0.3) is 5.91 Å². The van der Waals surface area contributed by atoms with Gasteiger partial charge in [0.15, 0.2) is 0 Å². The summed E-state index contributed by atoms with van der Waals surface area (Å²) in [5.41, 5.74) is 11.4. The lowest BCUT2D eigenvalue weighted by molar-refractivity contribution is -0.135. The number of para-hydroxylation sites is 3. The zero-order valence-electron chi connectivity index (χ0n) is 28.7. The van der Waals surface area contributed by atoms with E-state index in [1.165, 1.54) is 0 Å². The van der Waals surface area contributed by atoms with Crippen molar-refractivity contribution in [3.63, 3.8) is 0 Å². The lowest BCUT2D eigenvalue weighted by Crippen LogP contribution is -2.54. The van der Waals surface area contributed by atoms with Crippen molar-refractivity contribution in [1.82, 2.24) is 5.32 Å². The van der Waals surface area contributed by atoms with Crippen LogP contribution in [0.25, 0.3) is 11.1 Å². The summed E-state index contributed by atoms with van der Waals surface area (Å²) >= 11 is 0. The minimum atomic E-state index is -0.900. The van der Waals surface area contributed by atoms with Gasteiger partial charge in [0.1, 0.15) is 11.8 Å². The van der Waals surface area contributed by atoms with E-state index in [-0.39, 0.29) is 18.4 Å². The summed E-state index contributed by atoms with van der Waals surface area (Å²) < 4.78 is 5.34. The van der Waals surface area contributed by atoms with Gasteiger partial charge in [0.05, 0.1) is 43.4 Å². The van der Waals surface area contributed by atoms with E-state index in [9.17, 15) is 14.4 Å². The molecule has 4 aromatic carbocycles. The number of ether oxygens (including phenoxy) is 1. The Morgan fingerprint density at radius 1 is 0.900 bits per heavy atom. The van der Waals surface area contributed by atoms with E-state index in [4.69, 9.17) is 10.5 Å². The van der Waals surface area contributed by atoms with Crippen LogP contribution in [0.4, 0.5) is 17.1 Å². The van der Waals surface area contributed by atoms with Crippen molar-refractivity contribution in [1.29, 1.82) is 0 Å². The van der Waals surface area contributed by atoms with E-state index >= 15 is 0 Å². The van der Waals surface area contributed by atoms with E-state index in [1.54, 1.807) is 18.1 Å². The molecule has 8 nitrogen and oxygen atoms in total. The van der Waals surface area contributed by atoms with Crippen molar-refractivity contribution in [2.75, 3.05) is 23.5 Å². The number of hydrogen-bond donors (Lipinski definition) is 2. The van der Waals surface area contributed by atoms with Gasteiger partial charge in [-0.2, -0.15) is 0 Å². The molecule has 1 aliphatic carbocycles. The maximum Gasteiger partial charge on any atom is 0.251 e. The Labute approximate surface area is 294 Å². The third-order valence-electron chi connectivity index (χ3n) is 10.1. The number of amides is 3. The van der Waals surface area contributed by atoms with E-state index in [1.807, 2.05) is 97.1 Å². The summed E-state index contributed by atoms with van der Waals surface area (Å²) in [4.78, 5) is 45.8. The summed E-state index contributed by atoms with van der Waals surface area (Å²) in [7, 11) is 1.65. The molecule has 0 saturated heterocycles. The number of nitrogens with zero attached hydrogens (tertiary/aromatic N) is 2. The van der Waals surface area contributed by atoms with Crippen LogP contribution in [-0.4, -0.2) is 37.4 Å². The monoisotopic (exact) mass is 670 g/mol. The van der Waals surface area contributed by atoms with Crippen LogP contribution in [0.1, 0.15) is 44.1 Å². The topological polar surface area (TPSA) is 105 Å². The Kier molecular flexibility index (Phi) is 11.0. The molecule has 0 radical (unpaired) electrons. The first-order chi connectivity index (χ1) is 24.4. The number of rotatable bonds is 13. The number of nitrogens with two attached hydrogens (primary N) is 1. The molecule has 1 heterocycles. The zero-order chi connectivity index (χ0) is 35.0. The molecule has 3 amide bonds. The van der Waals surface area contributed by atoms with Gasteiger partial charge in [0.2, 0.25) is 11.8 Å². The van der Waals surface area contributed by atoms with Gasteiger partial charge in [-0.3, -0.25) is 14.4 Å². The number of methoxy groups -OCH3 is 1. The van der Waals surface area contributed by atoms with E-state index in [2.05, 4.69) is 22.9 Å². The Hall–Kier alpha value is -5.37. The number of primary amides is 1. The number of hydrogen-bond acceptors (Lipinski definition) is 5. The summed E-state index contributed by atoms with van der Waals surface area (Å²) in [6, 6.07) is 32.9. The molecule has 4 aromatic rings. The molecule has 0 aromatic heterocycles. The Morgan fingerprint density at radius 2 is 1.60 bits per heavy atom. The quantitative estimate of drug-likeness (QED) is 0.144. The second kappa shape index (κ2) is 15.9. The van der Waals surface area contributed by atoms with Crippen LogP contribution in [0, 0.1) is 17.8 Å². The number of carbonyl (C=O) groups is 3. The first kappa shape index (κ1) is 34.5. The molecule has 0 spiro atoms.